The van der Waals surface area contributed by atoms with Gasteiger partial charge in [0.1, 0.15) is 11.6 Å². The van der Waals surface area contributed by atoms with Gasteiger partial charge >= 0.3 is 5.56 Å². The van der Waals surface area contributed by atoms with Crippen LogP contribution < -0.4 is 20.3 Å². The summed E-state index contributed by atoms with van der Waals surface area (Å²) in [6.07, 6.45) is 2.39. The van der Waals surface area contributed by atoms with Gasteiger partial charge in [-0.1, -0.05) is 25.1 Å². The Balaban J connectivity index is 2.03. The van der Waals surface area contributed by atoms with Gasteiger partial charge in [0.25, 0.3) is 0 Å². The molecule has 0 atom stereocenters. The van der Waals surface area contributed by atoms with Gasteiger partial charge in [-0.05, 0) is 35.7 Å². The highest BCUT2D eigenvalue weighted by Crippen LogP contribution is 2.26. The number of hydrogen-bond donors (Lipinski definition) is 1. The van der Waals surface area contributed by atoms with Crippen molar-refractivity contribution in [1.82, 2.24) is 9.55 Å². The van der Waals surface area contributed by atoms with Gasteiger partial charge in [0.05, 0.1) is 27.0 Å². The molecule has 1 heterocycles. The molecule has 0 saturated carbocycles. The molecule has 7 heteroatoms. The molecule has 0 aliphatic heterocycles. The van der Waals surface area contributed by atoms with Crippen LogP contribution in [0, 0.1) is 5.82 Å². The Kier molecular flexibility index (Phi) is 5.93. The third-order valence-corrected chi connectivity index (χ3v) is 4.39. The summed E-state index contributed by atoms with van der Waals surface area (Å²) in [5.41, 5.74) is 2.24. The van der Waals surface area contributed by atoms with E-state index in [1.807, 2.05) is 25.1 Å². The van der Waals surface area contributed by atoms with Crippen LogP contribution in [0.5, 0.6) is 11.5 Å². The van der Waals surface area contributed by atoms with Gasteiger partial charge in [0.15, 0.2) is 0 Å². The molecule has 0 saturated heterocycles. The van der Waals surface area contributed by atoms with Crippen molar-refractivity contribution in [2.24, 2.45) is 0 Å². The molecule has 0 amide bonds. The molecule has 6 nitrogen and oxygen atoms in total. The second-order valence-electron chi connectivity index (χ2n) is 6.19. The number of halogens is 1. The molecule has 1 aromatic heterocycles. The molecule has 146 valence electrons. The van der Waals surface area contributed by atoms with E-state index in [0.29, 0.717) is 18.2 Å². The average Bonchev–Trinajstić information content (AvgIpc) is 2.71. The zero-order valence-electron chi connectivity index (χ0n) is 16.0. The Morgan fingerprint density at radius 3 is 2.50 bits per heavy atom. The Bertz CT molecular complexity index is 1020. The van der Waals surface area contributed by atoms with Crippen molar-refractivity contribution in [2.45, 2.75) is 19.9 Å². The van der Waals surface area contributed by atoms with Crippen molar-refractivity contribution < 1.29 is 13.9 Å². The number of aryl methyl sites for hydroxylation is 1. The summed E-state index contributed by atoms with van der Waals surface area (Å²) in [7, 11) is 3.02. The van der Waals surface area contributed by atoms with E-state index in [9.17, 15) is 9.18 Å². The highest BCUT2D eigenvalue weighted by molar-refractivity contribution is 5.61. The Morgan fingerprint density at radius 1 is 1.11 bits per heavy atom. The van der Waals surface area contributed by atoms with Gasteiger partial charge in [-0.2, -0.15) is 4.98 Å². The molecule has 2 aromatic carbocycles. The van der Waals surface area contributed by atoms with Crippen LogP contribution in [0.25, 0.3) is 0 Å². The Morgan fingerprint density at radius 2 is 1.86 bits per heavy atom. The monoisotopic (exact) mass is 383 g/mol. The molecular formula is C21H22FN3O3. The van der Waals surface area contributed by atoms with Crippen molar-refractivity contribution >= 4 is 11.6 Å². The van der Waals surface area contributed by atoms with Crippen LogP contribution in [0.15, 0.2) is 53.5 Å². The molecule has 28 heavy (non-hydrogen) atoms. The highest BCUT2D eigenvalue weighted by atomic mass is 19.1. The fourth-order valence-corrected chi connectivity index (χ4v) is 2.85. The van der Waals surface area contributed by atoms with Crippen LogP contribution in [-0.4, -0.2) is 23.8 Å². The summed E-state index contributed by atoms with van der Waals surface area (Å²) in [5, 5.41) is 3.23. The smallest absolute Gasteiger partial charge is 0.316 e. The number of anilines is 2. The van der Waals surface area contributed by atoms with E-state index in [1.165, 1.54) is 19.2 Å². The van der Waals surface area contributed by atoms with E-state index in [0.717, 1.165) is 23.2 Å². The van der Waals surface area contributed by atoms with Gasteiger partial charge < -0.3 is 19.4 Å². The van der Waals surface area contributed by atoms with Gasteiger partial charge in [0.2, 0.25) is 11.7 Å². The van der Waals surface area contributed by atoms with E-state index in [4.69, 9.17) is 9.47 Å². The Labute approximate surface area is 162 Å². The van der Waals surface area contributed by atoms with Crippen LogP contribution in [-0.2, 0) is 13.0 Å². The number of aromatic nitrogens is 2. The molecule has 0 fully saturated rings. The topological polar surface area (TPSA) is 65.4 Å². The first-order valence-corrected chi connectivity index (χ1v) is 8.88. The maximum Gasteiger partial charge on any atom is 0.316 e. The van der Waals surface area contributed by atoms with Crippen molar-refractivity contribution in [3.8, 4) is 11.5 Å². The summed E-state index contributed by atoms with van der Waals surface area (Å²) in [6.45, 7) is 2.43. The van der Waals surface area contributed by atoms with Crippen LogP contribution in [0.4, 0.5) is 16.0 Å². The number of nitrogens with zero attached hydrogens (tertiary/aromatic N) is 2. The summed E-state index contributed by atoms with van der Waals surface area (Å²) >= 11 is 0. The average molecular weight is 383 g/mol. The second-order valence-corrected chi connectivity index (χ2v) is 6.19. The summed E-state index contributed by atoms with van der Waals surface area (Å²) in [6, 6.07) is 11.9. The molecule has 3 aromatic rings. The third-order valence-electron chi connectivity index (χ3n) is 4.39. The second kappa shape index (κ2) is 8.56. The van der Waals surface area contributed by atoms with Crippen molar-refractivity contribution in [3.63, 3.8) is 0 Å². The number of rotatable bonds is 7. The van der Waals surface area contributed by atoms with Crippen LogP contribution in [0.3, 0.4) is 0 Å². The van der Waals surface area contributed by atoms with Crippen molar-refractivity contribution in [1.29, 1.82) is 0 Å². The SMILES string of the molecule is CCc1ccc(OC)cc1Nc1nc(=O)c(OC)cn1Cc1ccc(F)cc1. The normalized spacial score (nSPS) is 10.6. The van der Waals surface area contributed by atoms with Crippen LogP contribution in [0.1, 0.15) is 18.1 Å². The molecule has 0 radical (unpaired) electrons. The maximum atomic E-state index is 13.2. The lowest BCUT2D eigenvalue weighted by molar-refractivity contribution is 0.402. The lowest BCUT2D eigenvalue weighted by Crippen LogP contribution is -2.19. The number of benzene rings is 2. The van der Waals surface area contributed by atoms with Crippen LogP contribution >= 0.6 is 0 Å². The summed E-state index contributed by atoms with van der Waals surface area (Å²) in [5.74, 6) is 0.884. The number of methoxy groups -OCH3 is 2. The molecule has 0 aliphatic carbocycles. The van der Waals surface area contributed by atoms with E-state index in [2.05, 4.69) is 10.3 Å². The fraction of sp³-hybridized carbons (Fsp3) is 0.238. The maximum absolute atomic E-state index is 13.2. The number of hydrogen-bond acceptors (Lipinski definition) is 5. The highest BCUT2D eigenvalue weighted by Gasteiger charge is 2.12. The molecule has 1 N–H and O–H groups in total. The third kappa shape index (κ3) is 4.31. The predicted molar refractivity (Wildman–Crippen MR) is 106 cm³/mol. The quantitative estimate of drug-likeness (QED) is 0.673. The molecule has 0 unspecified atom stereocenters. The first-order valence-electron chi connectivity index (χ1n) is 8.88. The van der Waals surface area contributed by atoms with E-state index in [-0.39, 0.29) is 11.6 Å². The van der Waals surface area contributed by atoms with E-state index in [1.54, 1.807) is 30.0 Å². The minimum absolute atomic E-state index is 0.133. The van der Waals surface area contributed by atoms with Gasteiger partial charge in [-0.15, -0.1) is 0 Å². The zero-order chi connectivity index (χ0) is 20.1. The van der Waals surface area contributed by atoms with Crippen molar-refractivity contribution in [3.05, 3.63) is 76.0 Å². The van der Waals surface area contributed by atoms with Crippen LogP contribution in [0.2, 0.25) is 0 Å². The molecular weight excluding hydrogens is 361 g/mol. The van der Waals surface area contributed by atoms with E-state index >= 15 is 0 Å². The van der Waals surface area contributed by atoms with Gasteiger partial charge in [-0.25, -0.2) is 4.39 Å². The summed E-state index contributed by atoms with van der Waals surface area (Å²) in [4.78, 5) is 16.4. The molecule has 0 bridgehead atoms. The lowest BCUT2D eigenvalue weighted by Gasteiger charge is -2.17. The van der Waals surface area contributed by atoms with E-state index < -0.39 is 5.56 Å². The molecule has 0 spiro atoms. The molecule has 0 aliphatic rings. The zero-order valence-corrected chi connectivity index (χ0v) is 16.0. The first kappa shape index (κ1) is 19.4. The lowest BCUT2D eigenvalue weighted by atomic mass is 10.1. The predicted octanol–water partition coefficient (Wildman–Crippen LogP) is 3.75. The standard InChI is InChI=1S/C21H22FN3O3/c1-4-15-7-10-17(27-2)11-18(15)23-21-24-20(26)19(28-3)13-25(21)12-14-5-8-16(22)9-6-14/h5-11,13H,4,12H2,1-3H3,(H,23,24,26). The molecule has 3 rings (SSSR count). The van der Waals surface area contributed by atoms with Gasteiger partial charge in [0, 0.05) is 11.8 Å². The van der Waals surface area contributed by atoms with Crippen molar-refractivity contribution in [2.75, 3.05) is 19.5 Å². The summed E-state index contributed by atoms with van der Waals surface area (Å²) < 4.78 is 25.4. The largest absolute Gasteiger partial charge is 0.497 e. The fourth-order valence-electron chi connectivity index (χ4n) is 2.85. The minimum atomic E-state index is -0.471. The first-order chi connectivity index (χ1) is 13.5. The Hall–Kier alpha value is -3.35. The van der Waals surface area contributed by atoms with Gasteiger partial charge in [-0.3, -0.25) is 4.79 Å². The number of ether oxygens (including phenoxy) is 2. The minimum Gasteiger partial charge on any atom is -0.497 e. The number of nitrogens with one attached hydrogen (secondary N) is 1.